The van der Waals surface area contributed by atoms with Crippen molar-refractivity contribution in [3.8, 4) is 5.75 Å². The van der Waals surface area contributed by atoms with Gasteiger partial charge in [-0.2, -0.15) is 5.10 Å². The monoisotopic (exact) mass is 300 g/mol. The molecule has 0 bridgehead atoms. The van der Waals surface area contributed by atoms with Crippen LogP contribution in [0, 0.1) is 0 Å². The summed E-state index contributed by atoms with van der Waals surface area (Å²) in [7, 11) is 0. The van der Waals surface area contributed by atoms with Gasteiger partial charge in [-0.25, -0.2) is 5.43 Å². The third-order valence-electron chi connectivity index (χ3n) is 3.02. The molecule has 2 rings (SSSR count). The number of hydrazone groups is 1. The summed E-state index contributed by atoms with van der Waals surface area (Å²) in [5, 5.41) is 4.13. The second kappa shape index (κ2) is 8.02. The van der Waals surface area contributed by atoms with Crippen LogP contribution in [0.3, 0.4) is 0 Å². The number of furan rings is 1. The van der Waals surface area contributed by atoms with Gasteiger partial charge in [0, 0.05) is 5.56 Å². The molecule has 0 atom stereocenters. The minimum Gasteiger partial charge on any atom is -0.494 e. The molecule has 1 aromatic heterocycles. The van der Waals surface area contributed by atoms with Gasteiger partial charge in [0.1, 0.15) is 17.2 Å². The molecule has 5 nitrogen and oxygen atoms in total. The van der Waals surface area contributed by atoms with Gasteiger partial charge in [0.15, 0.2) is 0 Å². The van der Waals surface area contributed by atoms with E-state index < -0.39 is 0 Å². The quantitative estimate of drug-likeness (QED) is 0.627. The van der Waals surface area contributed by atoms with Crippen LogP contribution < -0.4 is 10.2 Å². The molecule has 0 aliphatic rings. The molecule has 0 radical (unpaired) electrons. The van der Waals surface area contributed by atoms with E-state index in [9.17, 15) is 4.79 Å². The lowest BCUT2D eigenvalue weighted by molar-refractivity contribution is 0.0954. The summed E-state index contributed by atoms with van der Waals surface area (Å²) in [5.74, 6) is 1.15. The summed E-state index contributed by atoms with van der Waals surface area (Å²) in [5.41, 5.74) is 3.77. The van der Waals surface area contributed by atoms with E-state index in [1.54, 1.807) is 36.6 Å². The topological polar surface area (TPSA) is 63.8 Å². The highest BCUT2D eigenvalue weighted by Gasteiger charge is 2.08. The van der Waals surface area contributed by atoms with Crippen molar-refractivity contribution < 1.29 is 13.9 Å². The van der Waals surface area contributed by atoms with Crippen molar-refractivity contribution >= 4 is 11.6 Å². The Morgan fingerprint density at radius 1 is 1.23 bits per heavy atom. The molecule has 0 saturated heterocycles. The lowest BCUT2D eigenvalue weighted by Gasteiger charge is -2.06. The fourth-order valence-corrected chi connectivity index (χ4v) is 1.86. The third kappa shape index (κ3) is 4.22. The fraction of sp³-hybridized carbons (Fsp3) is 0.294. The predicted molar refractivity (Wildman–Crippen MR) is 85.2 cm³/mol. The maximum Gasteiger partial charge on any atom is 0.271 e. The Hall–Kier alpha value is -2.56. The summed E-state index contributed by atoms with van der Waals surface area (Å²) in [6, 6.07) is 10.6. The van der Waals surface area contributed by atoms with Crippen molar-refractivity contribution in [3.63, 3.8) is 0 Å². The lowest BCUT2D eigenvalue weighted by atomic mass is 10.2. The van der Waals surface area contributed by atoms with E-state index in [0.717, 1.165) is 12.2 Å². The number of ether oxygens (including phenoxy) is 1. The summed E-state index contributed by atoms with van der Waals surface area (Å²) in [6.45, 7) is 4.66. The number of benzene rings is 1. The Bertz CT molecular complexity index is 616. The highest BCUT2D eigenvalue weighted by molar-refractivity contribution is 6.00. The molecular weight excluding hydrogens is 280 g/mol. The minimum absolute atomic E-state index is 0.264. The van der Waals surface area contributed by atoms with E-state index >= 15 is 0 Å². The summed E-state index contributed by atoms with van der Waals surface area (Å²) in [4.78, 5) is 12.1. The largest absolute Gasteiger partial charge is 0.494 e. The van der Waals surface area contributed by atoms with Crippen molar-refractivity contribution in [2.24, 2.45) is 5.10 Å². The van der Waals surface area contributed by atoms with Crippen molar-refractivity contribution in [2.75, 3.05) is 6.61 Å². The molecule has 0 saturated carbocycles. The fourth-order valence-electron chi connectivity index (χ4n) is 1.86. The minimum atomic E-state index is -0.264. The van der Waals surface area contributed by atoms with E-state index in [-0.39, 0.29) is 5.91 Å². The molecular formula is C17H20N2O3. The zero-order valence-corrected chi connectivity index (χ0v) is 12.8. The molecule has 5 heteroatoms. The number of amides is 1. The number of nitrogens with zero attached hydrogens (tertiary/aromatic N) is 1. The first kappa shape index (κ1) is 15.8. The number of rotatable bonds is 7. The molecule has 22 heavy (non-hydrogen) atoms. The first-order valence-corrected chi connectivity index (χ1v) is 7.38. The summed E-state index contributed by atoms with van der Waals surface area (Å²) in [6.07, 6.45) is 3.19. The van der Waals surface area contributed by atoms with Gasteiger partial charge in [-0.05, 0) is 49.2 Å². The third-order valence-corrected chi connectivity index (χ3v) is 3.02. The maximum atomic E-state index is 12.1. The van der Waals surface area contributed by atoms with E-state index in [2.05, 4.69) is 10.5 Å². The van der Waals surface area contributed by atoms with Crippen LogP contribution in [0.25, 0.3) is 0 Å². The highest BCUT2D eigenvalue weighted by atomic mass is 16.5. The van der Waals surface area contributed by atoms with Gasteiger partial charge in [0.2, 0.25) is 0 Å². The molecule has 0 spiro atoms. The standard InChI is InChI=1S/C17H20N2O3/c1-3-11-21-14-9-7-13(8-10-14)17(20)19-18-15(4-2)16-6-5-12-22-16/h5-10,12H,3-4,11H2,1-2H3,(H,19,20)/b18-15+. The van der Waals surface area contributed by atoms with Gasteiger partial charge in [0.05, 0.1) is 12.9 Å². The Morgan fingerprint density at radius 2 is 2.00 bits per heavy atom. The number of hydrogen-bond acceptors (Lipinski definition) is 4. The first-order chi connectivity index (χ1) is 10.7. The molecule has 116 valence electrons. The van der Waals surface area contributed by atoms with Crippen molar-refractivity contribution in [1.82, 2.24) is 5.43 Å². The van der Waals surface area contributed by atoms with Crippen LogP contribution in [0.5, 0.6) is 5.75 Å². The van der Waals surface area contributed by atoms with Gasteiger partial charge in [0.25, 0.3) is 5.91 Å². The highest BCUT2D eigenvalue weighted by Crippen LogP contribution is 2.12. The molecule has 1 aromatic carbocycles. The molecule has 1 N–H and O–H groups in total. The Kier molecular flexibility index (Phi) is 5.77. The van der Waals surface area contributed by atoms with Crippen LogP contribution in [0.2, 0.25) is 0 Å². The second-order valence-corrected chi connectivity index (χ2v) is 4.70. The average molecular weight is 300 g/mol. The first-order valence-electron chi connectivity index (χ1n) is 7.38. The van der Waals surface area contributed by atoms with Crippen LogP contribution in [0.4, 0.5) is 0 Å². The van der Waals surface area contributed by atoms with E-state index in [1.807, 2.05) is 19.9 Å². The molecule has 0 unspecified atom stereocenters. The van der Waals surface area contributed by atoms with Gasteiger partial charge in [-0.15, -0.1) is 0 Å². The van der Waals surface area contributed by atoms with E-state index in [4.69, 9.17) is 9.15 Å². The maximum absolute atomic E-state index is 12.1. The lowest BCUT2D eigenvalue weighted by Crippen LogP contribution is -2.19. The van der Waals surface area contributed by atoms with Crippen LogP contribution in [-0.4, -0.2) is 18.2 Å². The zero-order valence-electron chi connectivity index (χ0n) is 12.8. The molecule has 1 heterocycles. The molecule has 2 aromatic rings. The van der Waals surface area contributed by atoms with Crippen LogP contribution in [0.15, 0.2) is 52.2 Å². The van der Waals surface area contributed by atoms with Gasteiger partial charge >= 0.3 is 0 Å². The van der Waals surface area contributed by atoms with Gasteiger partial charge < -0.3 is 9.15 Å². The van der Waals surface area contributed by atoms with Crippen molar-refractivity contribution in [3.05, 3.63) is 54.0 Å². The number of hydrogen-bond donors (Lipinski definition) is 1. The van der Waals surface area contributed by atoms with Crippen LogP contribution in [-0.2, 0) is 0 Å². The van der Waals surface area contributed by atoms with Crippen molar-refractivity contribution in [1.29, 1.82) is 0 Å². The van der Waals surface area contributed by atoms with E-state index in [1.165, 1.54) is 0 Å². The second-order valence-electron chi connectivity index (χ2n) is 4.70. The van der Waals surface area contributed by atoms with Crippen LogP contribution in [0.1, 0.15) is 42.8 Å². The molecule has 1 amide bonds. The van der Waals surface area contributed by atoms with Gasteiger partial charge in [-0.1, -0.05) is 13.8 Å². The van der Waals surface area contributed by atoms with Crippen LogP contribution >= 0.6 is 0 Å². The van der Waals surface area contributed by atoms with E-state index in [0.29, 0.717) is 30.1 Å². The smallest absolute Gasteiger partial charge is 0.271 e. The summed E-state index contributed by atoms with van der Waals surface area (Å²) >= 11 is 0. The Labute approximate surface area is 130 Å². The normalized spacial score (nSPS) is 11.3. The molecule has 0 fully saturated rings. The number of carbonyl (C=O) groups excluding carboxylic acids is 1. The summed E-state index contributed by atoms with van der Waals surface area (Å²) < 4.78 is 10.8. The Balaban J connectivity index is 1.99. The zero-order chi connectivity index (χ0) is 15.8. The number of carbonyl (C=O) groups is 1. The predicted octanol–water partition coefficient (Wildman–Crippen LogP) is 3.61. The Morgan fingerprint density at radius 3 is 2.59 bits per heavy atom. The number of nitrogens with one attached hydrogen (secondary N) is 1. The molecule has 0 aliphatic carbocycles. The average Bonchev–Trinajstić information content (AvgIpc) is 3.08. The SMILES string of the molecule is CCCOc1ccc(C(=O)N/N=C(\CC)c2ccco2)cc1. The molecule has 0 aliphatic heterocycles. The van der Waals surface area contributed by atoms with Gasteiger partial charge in [-0.3, -0.25) is 4.79 Å². The van der Waals surface area contributed by atoms with Crippen molar-refractivity contribution in [2.45, 2.75) is 26.7 Å².